The van der Waals surface area contributed by atoms with Crippen LogP contribution in [-0.4, -0.2) is 36.5 Å². The number of hydrogen-bond donors (Lipinski definition) is 2. The Morgan fingerprint density at radius 2 is 2.10 bits per heavy atom. The van der Waals surface area contributed by atoms with Gasteiger partial charge >= 0.3 is 6.03 Å². The molecule has 1 fully saturated rings. The molecule has 0 saturated carbocycles. The van der Waals surface area contributed by atoms with Crippen LogP contribution in [0.25, 0.3) is 0 Å². The molecule has 0 spiro atoms. The molecule has 1 saturated heterocycles. The molecule has 6 nitrogen and oxygen atoms in total. The third-order valence-electron chi connectivity index (χ3n) is 3.54. The fourth-order valence-electron chi connectivity index (χ4n) is 2.23. The van der Waals surface area contributed by atoms with Crippen LogP contribution in [0.15, 0.2) is 24.3 Å². The number of urea groups is 1. The van der Waals surface area contributed by atoms with Gasteiger partial charge in [-0.05, 0) is 30.9 Å². The first-order chi connectivity index (χ1) is 10.0. The molecule has 114 valence electrons. The number of ether oxygens (including phenoxy) is 1. The summed E-state index contributed by atoms with van der Waals surface area (Å²) in [6, 6.07) is 6.81. The van der Waals surface area contributed by atoms with Crippen LogP contribution in [0.3, 0.4) is 0 Å². The standard InChI is InChI=1S/C15H21N3O3/c1-11-5-7-18(8-6-11)15(20)17-12-3-2-4-13(9-12)21-10-14(16)19/h2-4,9,11H,5-8,10H2,1H3,(H2,16,19)(H,17,20). The van der Waals surface area contributed by atoms with Crippen LogP contribution in [0.4, 0.5) is 10.5 Å². The molecule has 3 N–H and O–H groups in total. The lowest BCUT2D eigenvalue weighted by Gasteiger charge is -2.30. The number of nitrogens with one attached hydrogen (secondary N) is 1. The van der Waals surface area contributed by atoms with Crippen LogP contribution in [0, 0.1) is 5.92 Å². The second-order valence-electron chi connectivity index (χ2n) is 5.38. The summed E-state index contributed by atoms with van der Waals surface area (Å²) >= 11 is 0. The zero-order valence-electron chi connectivity index (χ0n) is 12.2. The molecule has 1 aliphatic rings. The van der Waals surface area contributed by atoms with Gasteiger partial charge in [-0.15, -0.1) is 0 Å². The minimum absolute atomic E-state index is 0.103. The number of hydrogen-bond acceptors (Lipinski definition) is 3. The van der Waals surface area contributed by atoms with Crippen molar-refractivity contribution in [2.75, 3.05) is 25.0 Å². The topological polar surface area (TPSA) is 84.7 Å². The van der Waals surface area contributed by atoms with Gasteiger partial charge in [0.2, 0.25) is 0 Å². The lowest BCUT2D eigenvalue weighted by molar-refractivity contribution is -0.119. The molecule has 0 unspecified atom stereocenters. The van der Waals surface area contributed by atoms with Crippen LogP contribution in [0.5, 0.6) is 5.75 Å². The van der Waals surface area contributed by atoms with Crippen LogP contribution in [0.2, 0.25) is 0 Å². The molecule has 3 amide bonds. The van der Waals surface area contributed by atoms with Crippen LogP contribution >= 0.6 is 0 Å². The number of carbonyl (C=O) groups excluding carboxylic acids is 2. The number of carbonyl (C=O) groups is 2. The van der Waals surface area contributed by atoms with Crippen molar-refractivity contribution in [2.45, 2.75) is 19.8 Å². The number of nitrogens with zero attached hydrogens (tertiary/aromatic N) is 1. The molecular formula is C15H21N3O3. The van der Waals surface area contributed by atoms with E-state index < -0.39 is 5.91 Å². The van der Waals surface area contributed by atoms with E-state index in [0.29, 0.717) is 17.4 Å². The first kappa shape index (κ1) is 15.2. The van der Waals surface area contributed by atoms with E-state index in [9.17, 15) is 9.59 Å². The Hall–Kier alpha value is -2.24. The number of likely N-dealkylation sites (tertiary alicyclic amines) is 1. The maximum absolute atomic E-state index is 12.2. The number of benzene rings is 1. The lowest BCUT2D eigenvalue weighted by Crippen LogP contribution is -2.40. The normalized spacial score (nSPS) is 15.6. The number of piperidine rings is 1. The largest absolute Gasteiger partial charge is 0.484 e. The summed E-state index contributed by atoms with van der Waals surface area (Å²) in [5.41, 5.74) is 5.67. The van der Waals surface area contributed by atoms with Crippen molar-refractivity contribution in [2.24, 2.45) is 11.7 Å². The maximum Gasteiger partial charge on any atom is 0.321 e. The van der Waals surface area contributed by atoms with E-state index in [4.69, 9.17) is 10.5 Å². The maximum atomic E-state index is 12.2. The van der Waals surface area contributed by atoms with Crippen molar-refractivity contribution in [1.29, 1.82) is 0 Å². The summed E-state index contributed by atoms with van der Waals surface area (Å²) in [6.45, 7) is 3.59. The second kappa shape index (κ2) is 6.97. The minimum Gasteiger partial charge on any atom is -0.484 e. The van der Waals surface area contributed by atoms with Gasteiger partial charge in [-0.2, -0.15) is 0 Å². The number of primary amides is 1. The van der Waals surface area contributed by atoms with Crippen molar-refractivity contribution in [3.8, 4) is 5.75 Å². The highest BCUT2D eigenvalue weighted by atomic mass is 16.5. The Morgan fingerprint density at radius 3 is 2.76 bits per heavy atom. The van der Waals surface area contributed by atoms with Gasteiger partial charge < -0.3 is 20.7 Å². The van der Waals surface area contributed by atoms with Crippen LogP contribution < -0.4 is 15.8 Å². The predicted molar refractivity (Wildman–Crippen MR) is 80.1 cm³/mol. The number of rotatable bonds is 4. The zero-order chi connectivity index (χ0) is 15.2. The van der Waals surface area contributed by atoms with Gasteiger partial charge in [0.25, 0.3) is 5.91 Å². The van der Waals surface area contributed by atoms with Crippen molar-refractivity contribution < 1.29 is 14.3 Å². The number of anilines is 1. The van der Waals surface area contributed by atoms with Gasteiger partial charge in [0.15, 0.2) is 6.61 Å². The van der Waals surface area contributed by atoms with E-state index in [0.717, 1.165) is 25.9 Å². The molecule has 0 radical (unpaired) electrons. The fourth-order valence-corrected chi connectivity index (χ4v) is 2.23. The number of amides is 3. The molecule has 1 aromatic carbocycles. The quantitative estimate of drug-likeness (QED) is 0.887. The minimum atomic E-state index is -0.535. The van der Waals surface area contributed by atoms with Gasteiger partial charge in [-0.25, -0.2) is 4.79 Å². The van der Waals surface area contributed by atoms with E-state index in [1.165, 1.54) is 0 Å². The first-order valence-electron chi connectivity index (χ1n) is 7.11. The molecule has 21 heavy (non-hydrogen) atoms. The summed E-state index contributed by atoms with van der Waals surface area (Å²) in [5, 5.41) is 2.85. The van der Waals surface area contributed by atoms with E-state index in [1.807, 2.05) is 4.90 Å². The van der Waals surface area contributed by atoms with E-state index in [1.54, 1.807) is 24.3 Å². The lowest BCUT2D eigenvalue weighted by atomic mass is 10.00. The highest BCUT2D eigenvalue weighted by Gasteiger charge is 2.20. The Balaban J connectivity index is 1.91. The van der Waals surface area contributed by atoms with Crippen LogP contribution in [0.1, 0.15) is 19.8 Å². The molecule has 0 aromatic heterocycles. The Bertz CT molecular complexity index is 511. The van der Waals surface area contributed by atoms with Gasteiger partial charge in [0.1, 0.15) is 5.75 Å². The average Bonchev–Trinajstić information content (AvgIpc) is 2.46. The summed E-state index contributed by atoms with van der Waals surface area (Å²) in [4.78, 5) is 24.7. The second-order valence-corrected chi connectivity index (χ2v) is 5.38. The van der Waals surface area contributed by atoms with Gasteiger partial charge in [-0.3, -0.25) is 4.79 Å². The van der Waals surface area contributed by atoms with Crippen molar-refractivity contribution in [3.63, 3.8) is 0 Å². The molecule has 0 bridgehead atoms. The molecule has 1 heterocycles. The molecular weight excluding hydrogens is 270 g/mol. The summed E-state index contributed by atoms with van der Waals surface area (Å²) < 4.78 is 5.21. The van der Waals surface area contributed by atoms with E-state index in [2.05, 4.69) is 12.2 Å². The van der Waals surface area contributed by atoms with Crippen molar-refractivity contribution >= 4 is 17.6 Å². The third kappa shape index (κ3) is 4.66. The predicted octanol–water partition coefficient (Wildman–Crippen LogP) is 1.81. The Morgan fingerprint density at radius 1 is 1.38 bits per heavy atom. The summed E-state index contributed by atoms with van der Waals surface area (Å²) in [7, 11) is 0. The molecule has 0 aliphatic carbocycles. The summed E-state index contributed by atoms with van der Waals surface area (Å²) in [6.07, 6.45) is 2.07. The third-order valence-corrected chi connectivity index (χ3v) is 3.54. The van der Waals surface area contributed by atoms with Crippen molar-refractivity contribution in [1.82, 2.24) is 4.90 Å². The number of nitrogens with two attached hydrogens (primary N) is 1. The van der Waals surface area contributed by atoms with E-state index in [-0.39, 0.29) is 12.6 Å². The Kier molecular flexibility index (Phi) is 5.03. The zero-order valence-corrected chi connectivity index (χ0v) is 12.2. The molecule has 2 rings (SSSR count). The Labute approximate surface area is 124 Å². The molecule has 1 aliphatic heterocycles. The molecule has 1 aromatic rings. The van der Waals surface area contributed by atoms with Gasteiger partial charge in [-0.1, -0.05) is 13.0 Å². The molecule has 0 atom stereocenters. The van der Waals surface area contributed by atoms with Gasteiger partial charge in [0.05, 0.1) is 0 Å². The fraction of sp³-hybridized carbons (Fsp3) is 0.467. The molecule has 6 heteroatoms. The first-order valence-corrected chi connectivity index (χ1v) is 7.11. The monoisotopic (exact) mass is 291 g/mol. The van der Waals surface area contributed by atoms with Crippen molar-refractivity contribution in [3.05, 3.63) is 24.3 Å². The average molecular weight is 291 g/mol. The van der Waals surface area contributed by atoms with Crippen LogP contribution in [-0.2, 0) is 4.79 Å². The highest BCUT2D eigenvalue weighted by molar-refractivity contribution is 5.89. The summed E-state index contributed by atoms with van der Waals surface area (Å²) in [5.74, 6) is 0.644. The SMILES string of the molecule is CC1CCN(C(=O)Nc2cccc(OCC(N)=O)c2)CC1. The van der Waals surface area contributed by atoms with E-state index >= 15 is 0 Å². The highest BCUT2D eigenvalue weighted by Crippen LogP contribution is 2.20. The van der Waals surface area contributed by atoms with Gasteiger partial charge in [0, 0.05) is 24.8 Å². The smallest absolute Gasteiger partial charge is 0.321 e.